The van der Waals surface area contributed by atoms with Crippen molar-refractivity contribution in [2.45, 2.75) is 68.0 Å². The minimum atomic E-state index is -1.65. The van der Waals surface area contributed by atoms with Crippen LogP contribution in [0.1, 0.15) is 48.5 Å². The molecule has 0 bridgehead atoms. The SMILES string of the molecule is C[CH](C)[Ge]([CH3])([CH](C)C)[C](C)(C)C. The Morgan fingerprint density at radius 2 is 1.08 bits per heavy atom. The first-order valence-corrected chi connectivity index (χ1v) is 10.7. The topological polar surface area (TPSA) is 0 Å². The van der Waals surface area contributed by atoms with Gasteiger partial charge < -0.3 is 0 Å². The van der Waals surface area contributed by atoms with E-state index in [1.807, 2.05) is 0 Å². The van der Waals surface area contributed by atoms with E-state index in [0.717, 1.165) is 9.50 Å². The molecular formula is C11H26Ge. The summed E-state index contributed by atoms with van der Waals surface area (Å²) in [6, 6.07) is 0. The molecule has 0 amide bonds. The monoisotopic (exact) mass is 232 g/mol. The first kappa shape index (κ1) is 12.5. The van der Waals surface area contributed by atoms with Gasteiger partial charge in [0.05, 0.1) is 0 Å². The Hall–Kier alpha value is 0.543. The van der Waals surface area contributed by atoms with E-state index >= 15 is 0 Å². The van der Waals surface area contributed by atoms with Gasteiger partial charge >= 0.3 is 81.2 Å². The molecule has 0 aromatic rings. The van der Waals surface area contributed by atoms with Gasteiger partial charge in [0.15, 0.2) is 0 Å². The van der Waals surface area contributed by atoms with Gasteiger partial charge in [0, 0.05) is 0 Å². The third kappa shape index (κ3) is 2.07. The minimum absolute atomic E-state index is 0.586. The molecule has 0 heterocycles. The predicted octanol–water partition coefficient (Wildman–Crippen LogP) is 4.69. The van der Waals surface area contributed by atoms with E-state index in [1.165, 1.54) is 0 Å². The normalized spacial score (nSPS) is 14.5. The number of hydrogen-bond donors (Lipinski definition) is 0. The summed E-state index contributed by atoms with van der Waals surface area (Å²) in [6.45, 7) is 17.0. The Kier molecular flexibility index (Phi) is 3.90. The van der Waals surface area contributed by atoms with Crippen LogP contribution in [0.2, 0.25) is 19.5 Å². The van der Waals surface area contributed by atoms with Crippen molar-refractivity contribution in [3.05, 3.63) is 0 Å². The molecule has 0 aromatic heterocycles. The van der Waals surface area contributed by atoms with Crippen molar-refractivity contribution < 1.29 is 0 Å². The summed E-state index contributed by atoms with van der Waals surface area (Å²) in [5, 5.41) is 0. The molecule has 0 N–H and O–H groups in total. The molecule has 0 rings (SSSR count). The molecule has 1 heteroatoms. The summed E-state index contributed by atoms with van der Waals surface area (Å²) in [6.07, 6.45) is 0. The zero-order valence-corrected chi connectivity index (χ0v) is 12.3. The summed E-state index contributed by atoms with van der Waals surface area (Å²) in [7, 11) is 0. The van der Waals surface area contributed by atoms with E-state index in [2.05, 4.69) is 54.2 Å². The van der Waals surface area contributed by atoms with E-state index in [1.54, 1.807) is 0 Å². The average molecular weight is 231 g/mol. The Morgan fingerprint density at radius 1 is 0.833 bits per heavy atom. The Morgan fingerprint density at radius 3 is 1.08 bits per heavy atom. The standard InChI is InChI=1S/C11H26Ge/c1-9(2)12(8,10(3)4)11(5,6)7/h9-10H,1-8H3. The van der Waals surface area contributed by atoms with Crippen LogP contribution in [0.25, 0.3) is 0 Å². The van der Waals surface area contributed by atoms with Crippen LogP contribution in [0, 0.1) is 0 Å². The van der Waals surface area contributed by atoms with Crippen LogP contribution in [0.3, 0.4) is 0 Å². The molecule has 0 atom stereocenters. The molecule has 74 valence electrons. The van der Waals surface area contributed by atoms with Crippen molar-refractivity contribution in [1.82, 2.24) is 0 Å². The Bertz CT molecular complexity index is 132. The average Bonchev–Trinajstić information content (AvgIpc) is 1.82. The van der Waals surface area contributed by atoms with E-state index < -0.39 is 13.3 Å². The van der Waals surface area contributed by atoms with Gasteiger partial charge in [-0.25, -0.2) is 0 Å². The van der Waals surface area contributed by atoms with Crippen molar-refractivity contribution >= 4 is 13.3 Å². The summed E-state index contributed by atoms with van der Waals surface area (Å²) in [5.74, 6) is 2.61. The van der Waals surface area contributed by atoms with E-state index in [0.29, 0.717) is 4.25 Å². The van der Waals surface area contributed by atoms with Gasteiger partial charge in [0.25, 0.3) is 0 Å². The molecule has 0 aromatic carbocycles. The Labute approximate surface area is 81.5 Å². The fourth-order valence-electron chi connectivity index (χ4n) is 2.40. The van der Waals surface area contributed by atoms with E-state index in [-0.39, 0.29) is 0 Å². The molecule has 0 aliphatic rings. The fraction of sp³-hybridized carbons (Fsp3) is 1.00. The molecule has 0 unspecified atom stereocenters. The first-order valence-electron chi connectivity index (χ1n) is 5.14. The molecule has 0 aliphatic heterocycles. The molecule has 0 radical (unpaired) electrons. The van der Waals surface area contributed by atoms with Crippen molar-refractivity contribution in [2.24, 2.45) is 0 Å². The molecule has 12 heavy (non-hydrogen) atoms. The molecule has 0 aliphatic carbocycles. The molecule has 0 saturated heterocycles. The second-order valence-electron chi connectivity index (χ2n) is 5.84. The van der Waals surface area contributed by atoms with Crippen LogP contribution >= 0.6 is 0 Å². The molecular weight excluding hydrogens is 205 g/mol. The third-order valence-corrected chi connectivity index (χ3v) is 20.9. The molecule has 0 fully saturated rings. The van der Waals surface area contributed by atoms with Gasteiger partial charge in [0.2, 0.25) is 0 Å². The van der Waals surface area contributed by atoms with Crippen molar-refractivity contribution in [3.8, 4) is 0 Å². The maximum absolute atomic E-state index is 2.61. The fourth-order valence-corrected chi connectivity index (χ4v) is 12.5. The zero-order chi connectivity index (χ0) is 10.2. The summed E-state index contributed by atoms with van der Waals surface area (Å²) < 4.78 is 2.46. The van der Waals surface area contributed by atoms with Crippen molar-refractivity contribution in [3.63, 3.8) is 0 Å². The van der Waals surface area contributed by atoms with Crippen molar-refractivity contribution in [1.29, 1.82) is 0 Å². The second kappa shape index (κ2) is 3.73. The number of hydrogen-bond acceptors (Lipinski definition) is 0. The van der Waals surface area contributed by atoms with Crippen molar-refractivity contribution in [2.75, 3.05) is 0 Å². The second-order valence-corrected chi connectivity index (χ2v) is 19.2. The molecule has 0 saturated carbocycles. The third-order valence-electron chi connectivity index (χ3n) is 4.01. The van der Waals surface area contributed by atoms with Gasteiger partial charge in [-0.2, -0.15) is 0 Å². The summed E-state index contributed by atoms with van der Waals surface area (Å²) in [5.41, 5.74) is 0. The summed E-state index contributed by atoms with van der Waals surface area (Å²) >= 11 is -1.65. The zero-order valence-electron chi connectivity index (χ0n) is 10.2. The quantitative estimate of drug-likeness (QED) is 0.605. The number of rotatable bonds is 2. The molecule has 0 nitrogen and oxygen atoms in total. The Balaban J connectivity index is 4.89. The van der Waals surface area contributed by atoms with E-state index in [4.69, 9.17) is 0 Å². The van der Waals surface area contributed by atoms with Crippen LogP contribution < -0.4 is 0 Å². The maximum atomic E-state index is 2.61. The van der Waals surface area contributed by atoms with Gasteiger partial charge in [-0.15, -0.1) is 0 Å². The van der Waals surface area contributed by atoms with Crippen LogP contribution in [-0.4, -0.2) is 13.3 Å². The van der Waals surface area contributed by atoms with Crippen LogP contribution in [-0.2, 0) is 0 Å². The van der Waals surface area contributed by atoms with Gasteiger partial charge in [-0.05, 0) is 0 Å². The van der Waals surface area contributed by atoms with Crippen LogP contribution in [0.4, 0.5) is 0 Å². The van der Waals surface area contributed by atoms with Gasteiger partial charge in [-0.3, -0.25) is 0 Å². The predicted molar refractivity (Wildman–Crippen MR) is 61.5 cm³/mol. The van der Waals surface area contributed by atoms with Gasteiger partial charge in [-0.1, -0.05) is 0 Å². The molecule has 0 spiro atoms. The van der Waals surface area contributed by atoms with Crippen LogP contribution in [0.15, 0.2) is 0 Å². The van der Waals surface area contributed by atoms with E-state index in [9.17, 15) is 0 Å². The first-order chi connectivity index (χ1) is 5.14. The van der Waals surface area contributed by atoms with Crippen LogP contribution in [0.5, 0.6) is 0 Å². The summed E-state index contributed by atoms with van der Waals surface area (Å²) in [4.78, 5) is 0. The van der Waals surface area contributed by atoms with Gasteiger partial charge in [0.1, 0.15) is 0 Å².